The topological polar surface area (TPSA) is 63.5 Å². The highest BCUT2D eigenvalue weighted by molar-refractivity contribution is 5.97. The van der Waals surface area contributed by atoms with Crippen LogP contribution in [0.15, 0.2) is 61.2 Å². The van der Waals surface area contributed by atoms with E-state index in [0.29, 0.717) is 24.4 Å². The Hall–Kier alpha value is -3.35. The Balaban J connectivity index is 1.45. The Kier molecular flexibility index (Phi) is 4.74. The van der Waals surface area contributed by atoms with E-state index in [1.54, 1.807) is 19.5 Å². The van der Waals surface area contributed by atoms with Crippen molar-refractivity contribution in [3.8, 4) is 11.6 Å². The maximum atomic E-state index is 12.8. The number of methoxy groups -OCH3 is 1. The van der Waals surface area contributed by atoms with Gasteiger partial charge in [-0.15, -0.1) is 0 Å². The Bertz CT molecular complexity index is 918. The van der Waals surface area contributed by atoms with Gasteiger partial charge in [-0.05, 0) is 24.3 Å². The quantitative estimate of drug-likeness (QED) is 0.711. The lowest BCUT2D eigenvalue weighted by Crippen LogP contribution is -2.49. The molecule has 0 bridgehead atoms. The van der Waals surface area contributed by atoms with Gasteiger partial charge in [0.2, 0.25) is 0 Å². The van der Waals surface area contributed by atoms with Gasteiger partial charge in [0.05, 0.1) is 12.7 Å². The van der Waals surface area contributed by atoms with Gasteiger partial charge in [0, 0.05) is 44.6 Å². The fraction of sp³-hybridized carbons (Fsp3) is 0.250. The molecule has 1 aliphatic rings. The van der Waals surface area contributed by atoms with Crippen LogP contribution in [0.4, 0.5) is 5.82 Å². The molecule has 4 rings (SSSR count). The zero-order chi connectivity index (χ0) is 18.6. The number of carbonyl (C=O) groups is 1. The van der Waals surface area contributed by atoms with Gasteiger partial charge in [-0.3, -0.25) is 4.79 Å². The highest BCUT2D eigenvalue weighted by Gasteiger charge is 2.24. The summed E-state index contributed by atoms with van der Waals surface area (Å²) in [5.41, 5.74) is 0.602. The number of ether oxygens (including phenoxy) is 1. The number of piperazine rings is 1. The van der Waals surface area contributed by atoms with Crippen molar-refractivity contribution in [2.24, 2.45) is 0 Å². The van der Waals surface area contributed by atoms with Crippen molar-refractivity contribution >= 4 is 11.7 Å². The number of hydrogen-bond donors (Lipinski definition) is 0. The molecule has 0 unspecified atom stereocenters. The van der Waals surface area contributed by atoms with E-state index in [-0.39, 0.29) is 5.91 Å². The van der Waals surface area contributed by atoms with E-state index in [4.69, 9.17) is 4.74 Å². The molecule has 2 aromatic heterocycles. The van der Waals surface area contributed by atoms with Crippen LogP contribution < -0.4 is 9.64 Å². The molecule has 3 heterocycles. The molecule has 0 spiro atoms. The highest BCUT2D eigenvalue weighted by Crippen LogP contribution is 2.21. The zero-order valence-electron chi connectivity index (χ0n) is 15.2. The van der Waals surface area contributed by atoms with E-state index in [9.17, 15) is 4.79 Å². The van der Waals surface area contributed by atoms with Gasteiger partial charge in [0.1, 0.15) is 23.7 Å². The number of nitrogens with zero attached hydrogens (tertiary/aromatic N) is 5. The second-order valence-corrected chi connectivity index (χ2v) is 6.30. The molecular formula is C20H21N5O2. The third kappa shape index (κ3) is 3.48. The number of amides is 1. The minimum absolute atomic E-state index is 0.00261. The van der Waals surface area contributed by atoms with Crippen LogP contribution in [-0.2, 0) is 0 Å². The fourth-order valence-corrected chi connectivity index (χ4v) is 3.27. The summed E-state index contributed by atoms with van der Waals surface area (Å²) in [6.45, 7) is 2.73. The highest BCUT2D eigenvalue weighted by atomic mass is 16.5. The lowest BCUT2D eigenvalue weighted by Gasteiger charge is -2.35. The zero-order valence-corrected chi connectivity index (χ0v) is 15.2. The number of hydrogen-bond acceptors (Lipinski definition) is 5. The van der Waals surface area contributed by atoms with E-state index in [1.807, 2.05) is 58.3 Å². The summed E-state index contributed by atoms with van der Waals surface area (Å²) in [6, 6.07) is 13.2. The van der Waals surface area contributed by atoms with E-state index >= 15 is 0 Å². The smallest absolute Gasteiger partial charge is 0.257 e. The molecule has 0 saturated carbocycles. The molecule has 1 saturated heterocycles. The molecular weight excluding hydrogens is 342 g/mol. The first-order valence-corrected chi connectivity index (χ1v) is 8.89. The average Bonchev–Trinajstić information content (AvgIpc) is 3.28. The number of benzene rings is 1. The molecule has 0 N–H and O–H groups in total. The molecule has 27 heavy (non-hydrogen) atoms. The van der Waals surface area contributed by atoms with Crippen LogP contribution in [0, 0.1) is 0 Å². The first-order valence-electron chi connectivity index (χ1n) is 8.89. The van der Waals surface area contributed by atoms with Crippen molar-refractivity contribution in [2.75, 3.05) is 38.2 Å². The summed E-state index contributed by atoms with van der Waals surface area (Å²) in [7, 11) is 1.58. The molecule has 7 nitrogen and oxygen atoms in total. The van der Waals surface area contributed by atoms with Gasteiger partial charge >= 0.3 is 0 Å². The van der Waals surface area contributed by atoms with Crippen LogP contribution in [0.5, 0.6) is 5.75 Å². The third-order valence-electron chi connectivity index (χ3n) is 4.74. The molecule has 3 aromatic rings. The van der Waals surface area contributed by atoms with Crippen molar-refractivity contribution in [3.05, 3.63) is 66.7 Å². The number of rotatable bonds is 4. The van der Waals surface area contributed by atoms with Crippen LogP contribution in [0.25, 0.3) is 5.82 Å². The summed E-state index contributed by atoms with van der Waals surface area (Å²) in [5.74, 6) is 2.32. The predicted octanol–water partition coefficient (Wildman–Crippen LogP) is 2.24. The molecule has 138 valence electrons. The Morgan fingerprint density at radius 1 is 0.963 bits per heavy atom. The lowest BCUT2D eigenvalue weighted by atomic mass is 10.1. The van der Waals surface area contributed by atoms with E-state index in [1.165, 1.54) is 0 Å². The number of carbonyl (C=O) groups excluding carboxylic acids is 1. The SMILES string of the molecule is COc1ccccc1C(=O)N1CCN(c2cc(-n3cccc3)ncn2)CC1. The molecule has 1 amide bonds. The van der Waals surface area contributed by atoms with E-state index in [0.717, 1.165) is 24.7 Å². The molecule has 0 aliphatic carbocycles. The van der Waals surface area contributed by atoms with Crippen molar-refractivity contribution in [1.82, 2.24) is 19.4 Å². The summed E-state index contributed by atoms with van der Waals surface area (Å²) in [6.07, 6.45) is 5.49. The van der Waals surface area contributed by atoms with Gasteiger partial charge in [-0.25, -0.2) is 9.97 Å². The second-order valence-electron chi connectivity index (χ2n) is 6.30. The Morgan fingerprint density at radius 2 is 1.67 bits per heavy atom. The maximum absolute atomic E-state index is 12.8. The minimum atomic E-state index is 0.00261. The van der Waals surface area contributed by atoms with Crippen molar-refractivity contribution in [1.29, 1.82) is 0 Å². The van der Waals surface area contributed by atoms with Gasteiger partial charge in [-0.2, -0.15) is 0 Å². The van der Waals surface area contributed by atoms with Crippen molar-refractivity contribution in [3.63, 3.8) is 0 Å². The summed E-state index contributed by atoms with van der Waals surface area (Å²) >= 11 is 0. The molecule has 0 atom stereocenters. The van der Waals surface area contributed by atoms with Gasteiger partial charge < -0.3 is 19.1 Å². The first-order chi connectivity index (χ1) is 13.3. The number of para-hydroxylation sites is 1. The number of anilines is 1. The Morgan fingerprint density at radius 3 is 2.41 bits per heavy atom. The summed E-state index contributed by atoms with van der Waals surface area (Å²) in [4.78, 5) is 25.6. The second kappa shape index (κ2) is 7.49. The van der Waals surface area contributed by atoms with Crippen LogP contribution in [0.2, 0.25) is 0 Å². The molecule has 1 aromatic carbocycles. The van der Waals surface area contributed by atoms with E-state index in [2.05, 4.69) is 14.9 Å². The van der Waals surface area contributed by atoms with Crippen molar-refractivity contribution < 1.29 is 9.53 Å². The van der Waals surface area contributed by atoms with Crippen LogP contribution in [0.3, 0.4) is 0 Å². The third-order valence-corrected chi connectivity index (χ3v) is 4.74. The summed E-state index contributed by atoms with van der Waals surface area (Å²) in [5, 5.41) is 0. The van der Waals surface area contributed by atoms with Crippen LogP contribution in [0.1, 0.15) is 10.4 Å². The molecule has 7 heteroatoms. The van der Waals surface area contributed by atoms with Gasteiger partial charge in [0.25, 0.3) is 5.91 Å². The number of aromatic nitrogens is 3. The maximum Gasteiger partial charge on any atom is 0.257 e. The average molecular weight is 363 g/mol. The standard InChI is InChI=1S/C20H21N5O2/c1-27-17-7-3-2-6-16(17)20(26)25-12-10-24(11-13-25)19-14-18(21-15-22-19)23-8-4-5-9-23/h2-9,14-15H,10-13H2,1H3. The predicted molar refractivity (Wildman–Crippen MR) is 102 cm³/mol. The molecule has 1 fully saturated rings. The van der Waals surface area contributed by atoms with Crippen molar-refractivity contribution in [2.45, 2.75) is 0 Å². The minimum Gasteiger partial charge on any atom is -0.496 e. The summed E-state index contributed by atoms with van der Waals surface area (Å²) < 4.78 is 7.27. The van der Waals surface area contributed by atoms with Gasteiger partial charge in [-0.1, -0.05) is 12.1 Å². The fourth-order valence-electron chi connectivity index (χ4n) is 3.27. The monoisotopic (exact) mass is 363 g/mol. The largest absolute Gasteiger partial charge is 0.496 e. The molecule has 0 radical (unpaired) electrons. The molecule has 1 aliphatic heterocycles. The Labute approximate surface area is 157 Å². The van der Waals surface area contributed by atoms with E-state index < -0.39 is 0 Å². The van der Waals surface area contributed by atoms with Crippen LogP contribution in [-0.4, -0.2) is 58.6 Å². The van der Waals surface area contributed by atoms with Crippen LogP contribution >= 0.6 is 0 Å². The van der Waals surface area contributed by atoms with Gasteiger partial charge in [0.15, 0.2) is 0 Å². The lowest BCUT2D eigenvalue weighted by molar-refractivity contribution is 0.0743. The normalized spacial score (nSPS) is 14.3. The first kappa shape index (κ1) is 17.1.